The third-order valence-electron chi connectivity index (χ3n) is 3.02. The van der Waals surface area contributed by atoms with Crippen molar-refractivity contribution < 1.29 is 14.3 Å². The summed E-state index contributed by atoms with van der Waals surface area (Å²) in [4.78, 5) is 13.9. The Morgan fingerprint density at radius 1 is 1.44 bits per heavy atom. The van der Waals surface area contributed by atoms with Crippen molar-refractivity contribution >= 4 is 5.91 Å². The minimum absolute atomic E-state index is 0.140. The van der Waals surface area contributed by atoms with Gasteiger partial charge in [0.2, 0.25) is 5.91 Å². The van der Waals surface area contributed by atoms with E-state index in [1.165, 1.54) is 0 Å². The molecule has 0 N–H and O–H groups in total. The Labute approximate surface area is 107 Å². The molecule has 18 heavy (non-hydrogen) atoms. The molecule has 1 aliphatic rings. The Balaban J connectivity index is 1.74. The molecule has 4 nitrogen and oxygen atoms in total. The van der Waals surface area contributed by atoms with Crippen LogP contribution >= 0.6 is 0 Å². The second kappa shape index (κ2) is 6.40. The van der Waals surface area contributed by atoms with Gasteiger partial charge in [0.1, 0.15) is 5.75 Å². The number of carbonyl (C=O) groups is 1. The van der Waals surface area contributed by atoms with Crippen molar-refractivity contribution in [1.29, 1.82) is 0 Å². The van der Waals surface area contributed by atoms with Gasteiger partial charge in [-0.05, 0) is 19.1 Å². The molecule has 1 aliphatic heterocycles. The molecule has 2 rings (SSSR count). The lowest BCUT2D eigenvalue weighted by Crippen LogP contribution is -2.47. The number of carbonyl (C=O) groups excluding carboxylic acids is 1. The van der Waals surface area contributed by atoms with Crippen LogP contribution < -0.4 is 4.74 Å². The quantitative estimate of drug-likeness (QED) is 0.815. The molecule has 1 aromatic rings. The Morgan fingerprint density at radius 3 is 2.94 bits per heavy atom. The molecular weight excluding hydrogens is 230 g/mol. The Kier molecular flexibility index (Phi) is 4.59. The first-order valence-corrected chi connectivity index (χ1v) is 6.32. The topological polar surface area (TPSA) is 38.8 Å². The molecular formula is C14H19NO3. The maximum Gasteiger partial charge on any atom is 0.226 e. The molecule has 1 atom stereocenters. The molecule has 0 radical (unpaired) electrons. The number of hydrogen-bond donors (Lipinski definition) is 0. The maximum absolute atomic E-state index is 12.0. The summed E-state index contributed by atoms with van der Waals surface area (Å²) < 4.78 is 10.8. The monoisotopic (exact) mass is 249 g/mol. The predicted octanol–water partition coefficient (Wildman–Crippen LogP) is 1.70. The molecule has 1 amide bonds. The Hall–Kier alpha value is -1.55. The molecule has 1 unspecified atom stereocenters. The molecule has 0 spiro atoms. The van der Waals surface area contributed by atoms with Gasteiger partial charge in [0.25, 0.3) is 0 Å². The number of ether oxygens (including phenoxy) is 2. The highest BCUT2D eigenvalue weighted by molar-refractivity contribution is 5.76. The van der Waals surface area contributed by atoms with Crippen molar-refractivity contribution in [2.24, 2.45) is 0 Å². The standard InChI is InChI=1S/C14H19NO3/c1-12-11-17-10-8-15(12)14(16)7-9-18-13-5-3-2-4-6-13/h2-6,12H,7-11H2,1H3. The van der Waals surface area contributed by atoms with Crippen LogP contribution in [-0.2, 0) is 9.53 Å². The van der Waals surface area contributed by atoms with Crippen LogP contribution in [0.3, 0.4) is 0 Å². The minimum Gasteiger partial charge on any atom is -0.493 e. The molecule has 1 heterocycles. The highest BCUT2D eigenvalue weighted by Gasteiger charge is 2.23. The molecule has 1 aromatic carbocycles. The number of amides is 1. The van der Waals surface area contributed by atoms with E-state index < -0.39 is 0 Å². The average molecular weight is 249 g/mol. The highest BCUT2D eigenvalue weighted by Crippen LogP contribution is 2.11. The van der Waals surface area contributed by atoms with Gasteiger partial charge in [0.15, 0.2) is 0 Å². The van der Waals surface area contributed by atoms with Crippen LogP contribution in [0, 0.1) is 0 Å². The molecule has 98 valence electrons. The summed E-state index contributed by atoms with van der Waals surface area (Å²) >= 11 is 0. The molecule has 0 bridgehead atoms. The number of hydrogen-bond acceptors (Lipinski definition) is 3. The summed E-state index contributed by atoms with van der Waals surface area (Å²) in [6, 6.07) is 9.72. The zero-order chi connectivity index (χ0) is 12.8. The molecule has 0 saturated carbocycles. The zero-order valence-corrected chi connectivity index (χ0v) is 10.7. The molecule has 0 aromatic heterocycles. The number of nitrogens with zero attached hydrogens (tertiary/aromatic N) is 1. The fraction of sp³-hybridized carbons (Fsp3) is 0.500. The van der Waals surface area contributed by atoms with Gasteiger partial charge < -0.3 is 14.4 Å². The second-order valence-corrected chi connectivity index (χ2v) is 4.42. The Bertz CT molecular complexity index is 380. The largest absolute Gasteiger partial charge is 0.493 e. The van der Waals surface area contributed by atoms with E-state index in [-0.39, 0.29) is 11.9 Å². The first-order chi connectivity index (χ1) is 8.77. The van der Waals surface area contributed by atoms with Crippen LogP contribution in [0.15, 0.2) is 30.3 Å². The highest BCUT2D eigenvalue weighted by atomic mass is 16.5. The van der Waals surface area contributed by atoms with Gasteiger partial charge in [-0.3, -0.25) is 4.79 Å². The van der Waals surface area contributed by atoms with Crippen LogP contribution in [0.2, 0.25) is 0 Å². The molecule has 1 fully saturated rings. The normalized spacial score (nSPS) is 19.6. The van der Waals surface area contributed by atoms with Gasteiger partial charge in [0, 0.05) is 6.54 Å². The van der Waals surface area contributed by atoms with Gasteiger partial charge in [0.05, 0.1) is 32.3 Å². The SMILES string of the molecule is CC1COCCN1C(=O)CCOc1ccccc1. The maximum atomic E-state index is 12.0. The average Bonchev–Trinajstić information content (AvgIpc) is 2.40. The Morgan fingerprint density at radius 2 is 2.22 bits per heavy atom. The summed E-state index contributed by atoms with van der Waals surface area (Å²) in [5, 5.41) is 0. The van der Waals surface area contributed by atoms with Gasteiger partial charge in [-0.2, -0.15) is 0 Å². The summed E-state index contributed by atoms with van der Waals surface area (Å²) in [6.07, 6.45) is 0.416. The molecule has 0 aliphatic carbocycles. The lowest BCUT2D eigenvalue weighted by Gasteiger charge is -2.33. The summed E-state index contributed by atoms with van der Waals surface area (Å²) in [7, 11) is 0. The van der Waals surface area contributed by atoms with E-state index >= 15 is 0 Å². The van der Waals surface area contributed by atoms with Gasteiger partial charge in [-0.1, -0.05) is 18.2 Å². The van der Waals surface area contributed by atoms with Crippen molar-refractivity contribution in [3.05, 3.63) is 30.3 Å². The van der Waals surface area contributed by atoms with Crippen LogP contribution in [0.1, 0.15) is 13.3 Å². The van der Waals surface area contributed by atoms with E-state index in [4.69, 9.17) is 9.47 Å². The van der Waals surface area contributed by atoms with Crippen molar-refractivity contribution in [3.8, 4) is 5.75 Å². The number of para-hydroxylation sites is 1. The molecule has 1 saturated heterocycles. The lowest BCUT2D eigenvalue weighted by atomic mass is 10.2. The van der Waals surface area contributed by atoms with E-state index in [1.54, 1.807) is 0 Å². The fourth-order valence-electron chi connectivity index (χ4n) is 2.01. The van der Waals surface area contributed by atoms with Crippen molar-refractivity contribution in [2.75, 3.05) is 26.4 Å². The second-order valence-electron chi connectivity index (χ2n) is 4.42. The number of morpholine rings is 1. The van der Waals surface area contributed by atoms with E-state index in [2.05, 4.69) is 0 Å². The minimum atomic E-state index is 0.140. The third-order valence-corrected chi connectivity index (χ3v) is 3.02. The predicted molar refractivity (Wildman–Crippen MR) is 68.5 cm³/mol. The third kappa shape index (κ3) is 3.47. The summed E-state index contributed by atoms with van der Waals surface area (Å²) in [6.45, 7) is 4.38. The fourth-order valence-corrected chi connectivity index (χ4v) is 2.01. The van der Waals surface area contributed by atoms with Gasteiger partial charge >= 0.3 is 0 Å². The summed E-state index contributed by atoms with van der Waals surface area (Å²) in [5.74, 6) is 0.946. The van der Waals surface area contributed by atoms with E-state index in [0.717, 1.165) is 5.75 Å². The zero-order valence-electron chi connectivity index (χ0n) is 10.7. The van der Waals surface area contributed by atoms with E-state index in [9.17, 15) is 4.79 Å². The first-order valence-electron chi connectivity index (χ1n) is 6.32. The lowest BCUT2D eigenvalue weighted by molar-refractivity contribution is -0.139. The molecule has 4 heteroatoms. The van der Waals surface area contributed by atoms with Gasteiger partial charge in [-0.25, -0.2) is 0 Å². The van der Waals surface area contributed by atoms with Crippen LogP contribution in [0.5, 0.6) is 5.75 Å². The number of benzene rings is 1. The van der Waals surface area contributed by atoms with Gasteiger partial charge in [-0.15, -0.1) is 0 Å². The van der Waals surface area contributed by atoms with E-state index in [0.29, 0.717) is 32.8 Å². The number of rotatable bonds is 4. The van der Waals surface area contributed by atoms with Crippen molar-refractivity contribution in [2.45, 2.75) is 19.4 Å². The summed E-state index contributed by atoms with van der Waals surface area (Å²) in [5.41, 5.74) is 0. The van der Waals surface area contributed by atoms with Crippen LogP contribution in [-0.4, -0.2) is 43.2 Å². The van der Waals surface area contributed by atoms with Crippen LogP contribution in [0.4, 0.5) is 0 Å². The van der Waals surface area contributed by atoms with Crippen LogP contribution in [0.25, 0.3) is 0 Å². The smallest absolute Gasteiger partial charge is 0.226 e. The first kappa shape index (κ1) is 12.9. The van der Waals surface area contributed by atoms with Crippen molar-refractivity contribution in [3.63, 3.8) is 0 Å². The van der Waals surface area contributed by atoms with Crippen molar-refractivity contribution in [1.82, 2.24) is 4.90 Å². The van der Waals surface area contributed by atoms with E-state index in [1.807, 2.05) is 42.2 Å².